The van der Waals surface area contributed by atoms with Gasteiger partial charge in [-0.3, -0.25) is 9.79 Å². The van der Waals surface area contributed by atoms with E-state index >= 15 is 0 Å². The van der Waals surface area contributed by atoms with E-state index in [1.54, 1.807) is 7.05 Å². The number of anilines is 1. The number of benzene rings is 2. The lowest BCUT2D eigenvalue weighted by molar-refractivity contribution is -0.117. The zero-order chi connectivity index (χ0) is 21.3. The summed E-state index contributed by atoms with van der Waals surface area (Å²) in [6, 6.07) is 17.8. The summed E-state index contributed by atoms with van der Waals surface area (Å²) < 4.78 is 5.93. The number of guanidine groups is 1. The Balaban J connectivity index is 1.54. The second-order valence-electron chi connectivity index (χ2n) is 7.57. The number of amides is 1. The molecule has 160 valence electrons. The third-order valence-electron chi connectivity index (χ3n) is 4.97. The smallest absolute Gasteiger partial charge is 0.229 e. The Bertz CT molecular complexity index is 854. The molecule has 1 aliphatic rings. The first kappa shape index (κ1) is 21.6. The Kier molecular flexibility index (Phi) is 7.68. The Morgan fingerprint density at radius 3 is 2.63 bits per heavy atom. The predicted octanol–water partition coefficient (Wildman–Crippen LogP) is 2.10. The number of aliphatic imine (C=N–C) groups is 1. The van der Waals surface area contributed by atoms with Crippen LogP contribution in [0, 0.1) is 0 Å². The van der Waals surface area contributed by atoms with Gasteiger partial charge in [0.15, 0.2) is 5.96 Å². The van der Waals surface area contributed by atoms with Crippen molar-refractivity contribution in [3.63, 3.8) is 0 Å². The quantitative estimate of drug-likeness (QED) is 0.516. The van der Waals surface area contributed by atoms with Crippen molar-refractivity contribution in [3.8, 4) is 5.75 Å². The first-order valence-electron chi connectivity index (χ1n) is 10.2. The monoisotopic (exact) mass is 409 g/mol. The van der Waals surface area contributed by atoms with Gasteiger partial charge in [-0.25, -0.2) is 0 Å². The summed E-state index contributed by atoms with van der Waals surface area (Å²) in [4.78, 5) is 20.7. The van der Waals surface area contributed by atoms with Crippen LogP contribution in [0.1, 0.15) is 12.0 Å². The lowest BCUT2D eigenvalue weighted by Gasteiger charge is -2.19. The molecule has 1 fully saturated rings. The van der Waals surface area contributed by atoms with Gasteiger partial charge in [-0.15, -0.1) is 0 Å². The van der Waals surface area contributed by atoms with Gasteiger partial charge in [-0.2, -0.15) is 0 Å². The number of ether oxygens (including phenoxy) is 1. The average molecular weight is 410 g/mol. The van der Waals surface area contributed by atoms with Crippen LogP contribution in [0.15, 0.2) is 59.6 Å². The van der Waals surface area contributed by atoms with Crippen LogP contribution in [-0.2, 0) is 11.3 Å². The number of nitrogens with zero attached hydrogens (tertiary/aromatic N) is 3. The van der Waals surface area contributed by atoms with Crippen LogP contribution in [0.25, 0.3) is 0 Å². The van der Waals surface area contributed by atoms with E-state index in [-0.39, 0.29) is 11.9 Å². The number of nitrogens with one attached hydrogen (secondary N) is 2. The normalized spacial score (nSPS) is 16.8. The molecule has 1 aliphatic heterocycles. The highest BCUT2D eigenvalue weighted by Gasteiger charge is 2.31. The fourth-order valence-electron chi connectivity index (χ4n) is 3.36. The second-order valence-corrected chi connectivity index (χ2v) is 7.57. The topological polar surface area (TPSA) is 69.2 Å². The van der Waals surface area contributed by atoms with Crippen molar-refractivity contribution < 1.29 is 9.53 Å². The van der Waals surface area contributed by atoms with E-state index in [0.717, 1.165) is 23.5 Å². The highest BCUT2D eigenvalue weighted by Crippen LogP contribution is 2.21. The number of para-hydroxylation sites is 2. The maximum Gasteiger partial charge on any atom is 0.229 e. The van der Waals surface area contributed by atoms with Crippen LogP contribution in [0.2, 0.25) is 0 Å². The molecule has 2 N–H and O–H groups in total. The number of hydrogen-bond donors (Lipinski definition) is 2. The van der Waals surface area contributed by atoms with E-state index in [1.165, 1.54) is 0 Å². The van der Waals surface area contributed by atoms with E-state index < -0.39 is 0 Å². The molecule has 1 amide bonds. The molecule has 0 aromatic heterocycles. The Morgan fingerprint density at radius 1 is 1.17 bits per heavy atom. The fraction of sp³-hybridized carbons (Fsp3) is 0.391. The van der Waals surface area contributed by atoms with Gasteiger partial charge < -0.3 is 25.2 Å². The van der Waals surface area contributed by atoms with Gasteiger partial charge in [0.1, 0.15) is 12.4 Å². The molecule has 0 spiro atoms. The summed E-state index contributed by atoms with van der Waals surface area (Å²) in [5.41, 5.74) is 1.99. The van der Waals surface area contributed by atoms with Crippen LogP contribution < -0.4 is 20.3 Å². The third-order valence-corrected chi connectivity index (χ3v) is 4.97. The fourth-order valence-corrected chi connectivity index (χ4v) is 3.36. The van der Waals surface area contributed by atoms with Gasteiger partial charge in [0.05, 0.1) is 6.04 Å². The standard InChI is InChI=1S/C23H31N5O2/c1-24-23(25-16-18-9-7-8-12-21(18)30-14-13-27(2)3)26-19-15-22(29)28(17-19)20-10-5-4-6-11-20/h4-12,19H,13-17H2,1-3H3,(H2,24,25,26). The first-order chi connectivity index (χ1) is 14.6. The summed E-state index contributed by atoms with van der Waals surface area (Å²) >= 11 is 0. The molecule has 30 heavy (non-hydrogen) atoms. The van der Waals surface area contributed by atoms with Gasteiger partial charge in [0.2, 0.25) is 5.91 Å². The molecule has 0 aliphatic carbocycles. The second kappa shape index (κ2) is 10.6. The van der Waals surface area contributed by atoms with Gasteiger partial charge in [-0.05, 0) is 32.3 Å². The largest absolute Gasteiger partial charge is 0.492 e. The van der Waals surface area contributed by atoms with E-state index in [1.807, 2.05) is 73.6 Å². The Labute approximate surface area is 178 Å². The zero-order valence-electron chi connectivity index (χ0n) is 18.0. The van der Waals surface area contributed by atoms with E-state index in [4.69, 9.17) is 4.74 Å². The predicted molar refractivity (Wildman–Crippen MR) is 121 cm³/mol. The van der Waals surface area contributed by atoms with Crippen LogP contribution >= 0.6 is 0 Å². The van der Waals surface area contributed by atoms with Gasteiger partial charge in [0.25, 0.3) is 0 Å². The average Bonchev–Trinajstić information content (AvgIpc) is 3.12. The molecule has 0 radical (unpaired) electrons. The molecule has 1 atom stereocenters. The molecule has 2 aromatic carbocycles. The molecule has 2 aromatic rings. The summed E-state index contributed by atoms with van der Waals surface area (Å²) in [5.74, 6) is 1.66. The first-order valence-corrected chi connectivity index (χ1v) is 10.2. The Hall–Kier alpha value is -3.06. The molecule has 1 heterocycles. The molecule has 7 nitrogen and oxygen atoms in total. The van der Waals surface area contributed by atoms with Crippen molar-refractivity contribution in [1.82, 2.24) is 15.5 Å². The minimum atomic E-state index is 0.00971. The molecule has 7 heteroatoms. The molecule has 0 saturated carbocycles. The maximum absolute atomic E-state index is 12.4. The number of hydrogen-bond acceptors (Lipinski definition) is 4. The van der Waals surface area contributed by atoms with Crippen molar-refractivity contribution in [1.29, 1.82) is 0 Å². The van der Waals surface area contributed by atoms with E-state index in [2.05, 4.69) is 20.5 Å². The van der Waals surface area contributed by atoms with Crippen molar-refractivity contribution in [2.75, 3.05) is 45.7 Å². The van der Waals surface area contributed by atoms with Crippen LogP contribution in [0.4, 0.5) is 5.69 Å². The van der Waals surface area contributed by atoms with Crippen molar-refractivity contribution >= 4 is 17.6 Å². The molecular formula is C23H31N5O2. The van der Waals surface area contributed by atoms with E-state index in [0.29, 0.717) is 32.1 Å². The number of rotatable bonds is 8. The highest BCUT2D eigenvalue weighted by molar-refractivity contribution is 5.97. The summed E-state index contributed by atoms with van der Waals surface area (Å²) in [5, 5.41) is 6.71. The lowest BCUT2D eigenvalue weighted by Crippen LogP contribution is -2.44. The molecule has 0 bridgehead atoms. The molecular weight excluding hydrogens is 378 g/mol. The maximum atomic E-state index is 12.4. The summed E-state index contributed by atoms with van der Waals surface area (Å²) in [6.07, 6.45) is 0.444. The van der Waals surface area contributed by atoms with Crippen LogP contribution in [0.5, 0.6) is 5.75 Å². The van der Waals surface area contributed by atoms with Crippen molar-refractivity contribution in [3.05, 3.63) is 60.2 Å². The highest BCUT2D eigenvalue weighted by atomic mass is 16.5. The SMILES string of the molecule is CN=C(NCc1ccccc1OCCN(C)C)NC1CC(=O)N(c2ccccc2)C1. The van der Waals surface area contributed by atoms with Crippen LogP contribution in [-0.4, -0.2) is 63.6 Å². The minimum Gasteiger partial charge on any atom is -0.492 e. The number of carbonyl (C=O) groups is 1. The molecule has 1 saturated heterocycles. The molecule has 1 unspecified atom stereocenters. The number of likely N-dealkylation sites (N-methyl/N-ethyl adjacent to an activating group) is 1. The molecule has 3 rings (SSSR count). The van der Waals surface area contributed by atoms with Gasteiger partial charge >= 0.3 is 0 Å². The van der Waals surface area contributed by atoms with Crippen LogP contribution in [0.3, 0.4) is 0 Å². The summed E-state index contributed by atoms with van der Waals surface area (Å²) in [6.45, 7) is 2.70. The third kappa shape index (κ3) is 5.97. The summed E-state index contributed by atoms with van der Waals surface area (Å²) in [7, 11) is 5.79. The number of carbonyl (C=O) groups excluding carboxylic acids is 1. The van der Waals surface area contributed by atoms with Crippen molar-refractivity contribution in [2.24, 2.45) is 4.99 Å². The van der Waals surface area contributed by atoms with Gasteiger partial charge in [0, 0.05) is 44.4 Å². The minimum absolute atomic E-state index is 0.00971. The zero-order valence-corrected chi connectivity index (χ0v) is 18.0. The van der Waals surface area contributed by atoms with Crippen molar-refractivity contribution in [2.45, 2.75) is 19.0 Å². The Morgan fingerprint density at radius 2 is 1.90 bits per heavy atom. The van der Waals surface area contributed by atoms with Gasteiger partial charge in [-0.1, -0.05) is 36.4 Å². The van der Waals surface area contributed by atoms with E-state index in [9.17, 15) is 4.79 Å². The lowest BCUT2D eigenvalue weighted by atomic mass is 10.2.